The fourth-order valence-corrected chi connectivity index (χ4v) is 2.82. The first-order valence-corrected chi connectivity index (χ1v) is 6.36. The molecule has 0 aliphatic heterocycles. The molecular weight excluding hydrogens is 234 g/mol. The highest BCUT2D eigenvalue weighted by Gasteiger charge is 2.32. The lowest BCUT2D eigenvalue weighted by Gasteiger charge is -2.36. The highest BCUT2D eigenvalue weighted by Crippen LogP contribution is 2.36. The topological polar surface area (TPSA) is 42.8 Å². The molecule has 0 unspecified atom stereocenters. The Morgan fingerprint density at radius 3 is 3.18 bits per heavy atom. The number of pyridine rings is 1. The number of hydrogen-bond acceptors (Lipinski definition) is 3. The van der Waals surface area contributed by atoms with Gasteiger partial charge in [-0.25, -0.2) is 0 Å². The summed E-state index contributed by atoms with van der Waals surface area (Å²) in [6, 6.07) is 2.48. The van der Waals surface area contributed by atoms with E-state index in [9.17, 15) is 0 Å². The predicted octanol–water partition coefficient (Wildman–Crippen LogP) is 2.83. The third kappa shape index (κ3) is 1.79. The van der Waals surface area contributed by atoms with E-state index in [4.69, 9.17) is 17.0 Å². The van der Waals surface area contributed by atoms with Gasteiger partial charge in [0.1, 0.15) is 0 Å². The maximum Gasteiger partial charge on any atom is 0.178 e. The second kappa shape index (κ2) is 4.23. The first-order chi connectivity index (χ1) is 8.29. The molecule has 2 aromatic heterocycles. The lowest BCUT2D eigenvalue weighted by Crippen LogP contribution is -2.33. The van der Waals surface area contributed by atoms with Gasteiger partial charge in [-0.3, -0.25) is 4.98 Å². The molecule has 0 bridgehead atoms. The van der Waals surface area contributed by atoms with Gasteiger partial charge in [0.25, 0.3) is 0 Å². The maximum atomic E-state index is 5.59. The second-order valence-electron chi connectivity index (χ2n) is 4.40. The van der Waals surface area contributed by atoms with E-state index < -0.39 is 0 Å². The van der Waals surface area contributed by atoms with Gasteiger partial charge in [-0.05, 0) is 38.0 Å². The van der Waals surface area contributed by atoms with E-state index in [0.717, 1.165) is 35.3 Å². The number of nitrogens with zero attached hydrogens (tertiary/aromatic N) is 2. The molecule has 0 amide bonds. The second-order valence-corrected chi connectivity index (χ2v) is 4.78. The molecule has 2 heterocycles. The number of hydrogen-bond donors (Lipinski definition) is 1. The van der Waals surface area contributed by atoms with Crippen molar-refractivity contribution in [2.24, 2.45) is 0 Å². The summed E-state index contributed by atoms with van der Waals surface area (Å²) in [5, 5.41) is 0. The summed E-state index contributed by atoms with van der Waals surface area (Å²) in [6.45, 7) is 2.83. The summed E-state index contributed by atoms with van der Waals surface area (Å²) in [5.41, 5.74) is 2.15. The van der Waals surface area contributed by atoms with Crippen LogP contribution in [0.3, 0.4) is 0 Å². The van der Waals surface area contributed by atoms with Crippen molar-refractivity contribution in [3.8, 4) is 0 Å². The van der Waals surface area contributed by atoms with Crippen LogP contribution in [-0.2, 0) is 4.74 Å². The van der Waals surface area contributed by atoms with Gasteiger partial charge >= 0.3 is 0 Å². The van der Waals surface area contributed by atoms with Gasteiger partial charge in [0.05, 0.1) is 23.3 Å². The molecule has 1 saturated carbocycles. The summed E-state index contributed by atoms with van der Waals surface area (Å²) in [4.78, 5) is 7.30. The fraction of sp³-hybridized carbons (Fsp3) is 0.500. The van der Waals surface area contributed by atoms with Gasteiger partial charge in [0.2, 0.25) is 0 Å². The number of imidazole rings is 1. The van der Waals surface area contributed by atoms with Crippen LogP contribution in [0.4, 0.5) is 0 Å². The Labute approximate surface area is 105 Å². The van der Waals surface area contributed by atoms with Crippen molar-refractivity contribution in [2.75, 3.05) is 6.61 Å². The van der Waals surface area contributed by atoms with E-state index in [1.807, 2.05) is 19.2 Å². The third-order valence-corrected chi connectivity index (χ3v) is 3.65. The molecule has 2 aromatic rings. The molecule has 1 aliphatic carbocycles. The van der Waals surface area contributed by atoms with E-state index >= 15 is 0 Å². The van der Waals surface area contributed by atoms with Crippen LogP contribution in [0, 0.1) is 4.77 Å². The fourth-order valence-electron chi connectivity index (χ4n) is 2.46. The molecule has 4 nitrogen and oxygen atoms in total. The maximum absolute atomic E-state index is 5.59. The van der Waals surface area contributed by atoms with Gasteiger partial charge < -0.3 is 14.3 Å². The van der Waals surface area contributed by atoms with Crippen molar-refractivity contribution >= 4 is 23.3 Å². The van der Waals surface area contributed by atoms with Crippen molar-refractivity contribution in [2.45, 2.75) is 31.9 Å². The van der Waals surface area contributed by atoms with Crippen LogP contribution in [0.25, 0.3) is 11.0 Å². The third-order valence-electron chi connectivity index (χ3n) is 3.36. The molecule has 0 aromatic carbocycles. The number of H-pyrrole nitrogens is 1. The minimum atomic E-state index is 0.402. The molecule has 1 fully saturated rings. The van der Waals surface area contributed by atoms with Crippen LogP contribution in [0.2, 0.25) is 0 Å². The van der Waals surface area contributed by atoms with Crippen LogP contribution in [-0.4, -0.2) is 27.2 Å². The van der Waals surface area contributed by atoms with E-state index in [-0.39, 0.29) is 0 Å². The lowest BCUT2D eigenvalue weighted by atomic mass is 9.89. The van der Waals surface area contributed by atoms with Crippen molar-refractivity contribution in [1.82, 2.24) is 14.5 Å². The zero-order chi connectivity index (χ0) is 11.8. The molecule has 0 saturated heterocycles. The Balaban J connectivity index is 1.91. The molecular formula is C12H15N3OS. The average molecular weight is 249 g/mol. The summed E-state index contributed by atoms with van der Waals surface area (Å²) in [5.74, 6) is 0. The molecule has 5 heteroatoms. The zero-order valence-corrected chi connectivity index (χ0v) is 10.5. The van der Waals surface area contributed by atoms with Crippen LogP contribution in [0.15, 0.2) is 18.5 Å². The molecule has 0 spiro atoms. The predicted molar refractivity (Wildman–Crippen MR) is 68.6 cm³/mol. The molecule has 17 heavy (non-hydrogen) atoms. The number of ether oxygens (including phenoxy) is 1. The van der Waals surface area contributed by atoms with Crippen molar-refractivity contribution in [3.63, 3.8) is 0 Å². The van der Waals surface area contributed by atoms with Crippen molar-refractivity contribution in [3.05, 3.63) is 23.2 Å². The standard InChI is InChI=1S/C12H15N3OS/c1-2-16-9-5-8(6-9)15-11-3-4-13-7-10(11)14-12(15)17/h3-4,7-9H,2,5-6H2,1H3,(H,14,17). The van der Waals surface area contributed by atoms with E-state index in [1.54, 1.807) is 6.20 Å². The Bertz CT molecular complexity index is 583. The number of aromatic amines is 1. The van der Waals surface area contributed by atoms with E-state index in [2.05, 4.69) is 14.5 Å². The number of fused-ring (bicyclic) bond motifs is 1. The lowest BCUT2D eigenvalue weighted by molar-refractivity contribution is -0.0190. The van der Waals surface area contributed by atoms with Gasteiger partial charge in [-0.15, -0.1) is 0 Å². The summed E-state index contributed by atoms with van der Waals surface area (Å²) in [7, 11) is 0. The highest BCUT2D eigenvalue weighted by atomic mass is 32.1. The summed E-state index contributed by atoms with van der Waals surface area (Å²) < 4.78 is 8.57. The Morgan fingerprint density at radius 1 is 1.59 bits per heavy atom. The zero-order valence-electron chi connectivity index (χ0n) is 9.72. The van der Waals surface area contributed by atoms with E-state index in [0.29, 0.717) is 12.1 Å². The Morgan fingerprint density at radius 2 is 2.41 bits per heavy atom. The molecule has 1 aliphatic rings. The first-order valence-electron chi connectivity index (χ1n) is 5.95. The van der Waals surface area contributed by atoms with Crippen LogP contribution in [0.5, 0.6) is 0 Å². The first kappa shape index (κ1) is 10.9. The quantitative estimate of drug-likeness (QED) is 0.851. The summed E-state index contributed by atoms with van der Waals surface area (Å²) >= 11 is 5.37. The number of nitrogens with one attached hydrogen (secondary N) is 1. The van der Waals surface area contributed by atoms with Crippen molar-refractivity contribution in [1.29, 1.82) is 0 Å². The van der Waals surface area contributed by atoms with Crippen molar-refractivity contribution < 1.29 is 4.74 Å². The van der Waals surface area contributed by atoms with Crippen LogP contribution < -0.4 is 0 Å². The van der Waals surface area contributed by atoms with E-state index in [1.165, 1.54) is 0 Å². The normalized spacial score (nSPS) is 23.8. The largest absolute Gasteiger partial charge is 0.378 e. The molecule has 90 valence electrons. The van der Waals surface area contributed by atoms with Crippen LogP contribution in [0.1, 0.15) is 25.8 Å². The Hall–Kier alpha value is -1.20. The monoisotopic (exact) mass is 249 g/mol. The molecule has 3 rings (SSSR count). The summed E-state index contributed by atoms with van der Waals surface area (Å²) in [6.07, 6.45) is 6.13. The number of aromatic nitrogens is 3. The Kier molecular flexibility index (Phi) is 2.72. The van der Waals surface area contributed by atoms with Gasteiger partial charge in [-0.1, -0.05) is 0 Å². The molecule has 0 radical (unpaired) electrons. The minimum Gasteiger partial charge on any atom is -0.378 e. The SMILES string of the molecule is CCOC1CC(n2c(=S)[nH]c3cnccc32)C1. The molecule has 1 N–H and O–H groups in total. The van der Waals surface area contributed by atoms with Gasteiger partial charge in [-0.2, -0.15) is 0 Å². The van der Waals surface area contributed by atoms with Crippen LogP contribution >= 0.6 is 12.2 Å². The minimum absolute atomic E-state index is 0.402. The van der Waals surface area contributed by atoms with Gasteiger partial charge in [0.15, 0.2) is 4.77 Å². The smallest absolute Gasteiger partial charge is 0.178 e. The van der Waals surface area contributed by atoms with Gasteiger partial charge in [0, 0.05) is 18.8 Å². The highest BCUT2D eigenvalue weighted by molar-refractivity contribution is 7.71. The number of rotatable bonds is 3. The average Bonchev–Trinajstić information content (AvgIpc) is 2.59. The molecule has 0 atom stereocenters.